The molecule has 1 aliphatic heterocycles. The molecule has 1 amide bonds. The first-order chi connectivity index (χ1) is 11.7. The number of hydrogen-bond acceptors (Lipinski definition) is 3. The molecule has 1 aliphatic rings. The van der Waals surface area contributed by atoms with E-state index >= 15 is 0 Å². The summed E-state index contributed by atoms with van der Waals surface area (Å²) in [7, 11) is 0. The zero-order chi connectivity index (χ0) is 16.5. The molecule has 4 rings (SSSR count). The van der Waals surface area contributed by atoms with E-state index in [1.807, 2.05) is 45.8 Å². The van der Waals surface area contributed by atoms with Gasteiger partial charge in [-0.25, -0.2) is 0 Å². The van der Waals surface area contributed by atoms with Gasteiger partial charge in [0.2, 0.25) is 0 Å². The van der Waals surface area contributed by atoms with E-state index in [9.17, 15) is 4.79 Å². The minimum Gasteiger partial charge on any atom is -0.338 e. The third-order valence-corrected chi connectivity index (χ3v) is 4.72. The number of benzene rings is 1. The van der Waals surface area contributed by atoms with Crippen LogP contribution in [-0.4, -0.2) is 38.5 Å². The highest BCUT2D eigenvalue weighted by Crippen LogP contribution is 2.27. The van der Waals surface area contributed by atoms with Crippen LogP contribution in [0.15, 0.2) is 48.7 Å². The van der Waals surface area contributed by atoms with Crippen LogP contribution in [0.1, 0.15) is 34.9 Å². The van der Waals surface area contributed by atoms with Crippen molar-refractivity contribution in [3.05, 3.63) is 65.1 Å². The lowest BCUT2D eigenvalue weighted by atomic mass is 9.96. The van der Waals surface area contributed by atoms with E-state index in [4.69, 9.17) is 11.6 Å². The number of pyridine rings is 1. The number of carbonyl (C=O) groups is 1. The minimum atomic E-state index is 0.0241. The van der Waals surface area contributed by atoms with Crippen LogP contribution in [-0.2, 0) is 0 Å². The predicted molar refractivity (Wildman–Crippen MR) is 92.3 cm³/mol. The van der Waals surface area contributed by atoms with Gasteiger partial charge in [-0.05, 0) is 43.2 Å². The Balaban J connectivity index is 1.59. The van der Waals surface area contributed by atoms with Crippen molar-refractivity contribution < 1.29 is 4.79 Å². The number of amides is 1. The molecule has 1 atom stereocenters. The summed E-state index contributed by atoms with van der Waals surface area (Å²) in [5.74, 6) is 1.14. The van der Waals surface area contributed by atoms with Gasteiger partial charge in [0.15, 0.2) is 5.65 Å². The van der Waals surface area contributed by atoms with Gasteiger partial charge in [0, 0.05) is 35.8 Å². The highest BCUT2D eigenvalue weighted by molar-refractivity contribution is 6.30. The summed E-state index contributed by atoms with van der Waals surface area (Å²) in [6.45, 7) is 1.42. The lowest BCUT2D eigenvalue weighted by molar-refractivity contribution is 0.0704. The molecule has 122 valence electrons. The molecule has 0 saturated carbocycles. The maximum absolute atomic E-state index is 12.8. The van der Waals surface area contributed by atoms with Gasteiger partial charge >= 0.3 is 0 Å². The van der Waals surface area contributed by atoms with E-state index in [-0.39, 0.29) is 11.8 Å². The highest BCUT2D eigenvalue weighted by Gasteiger charge is 2.28. The third kappa shape index (κ3) is 2.76. The Bertz CT molecular complexity index is 891. The van der Waals surface area contributed by atoms with Crippen LogP contribution < -0.4 is 0 Å². The predicted octanol–water partition coefficient (Wildman–Crippen LogP) is 3.40. The molecule has 0 spiro atoms. The van der Waals surface area contributed by atoms with E-state index in [1.165, 1.54) is 0 Å². The molecule has 0 N–H and O–H groups in total. The SMILES string of the molecule is O=C(c1cccc(Cl)c1)N1CCC[C@@H](c2nnc3ccccn23)C1. The summed E-state index contributed by atoms with van der Waals surface area (Å²) in [6, 6.07) is 13.0. The van der Waals surface area contributed by atoms with Crippen molar-refractivity contribution in [1.82, 2.24) is 19.5 Å². The molecule has 0 radical (unpaired) electrons. The molecule has 1 saturated heterocycles. The van der Waals surface area contributed by atoms with E-state index in [1.54, 1.807) is 12.1 Å². The number of likely N-dealkylation sites (tertiary alicyclic amines) is 1. The fraction of sp³-hybridized carbons (Fsp3) is 0.278. The topological polar surface area (TPSA) is 50.5 Å². The maximum atomic E-state index is 12.8. The van der Waals surface area contributed by atoms with Gasteiger partial charge in [-0.1, -0.05) is 23.7 Å². The Labute approximate surface area is 144 Å². The molecule has 3 aromatic rings. The number of fused-ring (bicyclic) bond motifs is 1. The average molecular weight is 341 g/mol. The molecule has 5 nitrogen and oxygen atoms in total. The van der Waals surface area contributed by atoms with Crippen molar-refractivity contribution in [2.24, 2.45) is 0 Å². The molecule has 0 bridgehead atoms. The largest absolute Gasteiger partial charge is 0.338 e. The Morgan fingerprint density at radius 3 is 2.96 bits per heavy atom. The van der Waals surface area contributed by atoms with Gasteiger partial charge < -0.3 is 4.90 Å². The van der Waals surface area contributed by atoms with Crippen molar-refractivity contribution in [2.75, 3.05) is 13.1 Å². The summed E-state index contributed by atoms with van der Waals surface area (Å²) in [5.41, 5.74) is 1.47. The fourth-order valence-corrected chi connectivity index (χ4v) is 3.51. The van der Waals surface area contributed by atoms with Crippen molar-refractivity contribution in [3.63, 3.8) is 0 Å². The minimum absolute atomic E-state index is 0.0241. The van der Waals surface area contributed by atoms with Crippen molar-refractivity contribution in [1.29, 1.82) is 0 Å². The number of hydrogen-bond donors (Lipinski definition) is 0. The van der Waals surface area contributed by atoms with Gasteiger partial charge in [-0.15, -0.1) is 10.2 Å². The van der Waals surface area contributed by atoms with E-state index in [0.717, 1.165) is 30.9 Å². The number of nitrogens with zero attached hydrogens (tertiary/aromatic N) is 4. The lowest BCUT2D eigenvalue weighted by Gasteiger charge is -2.32. The second kappa shape index (κ2) is 6.24. The monoisotopic (exact) mass is 340 g/mol. The van der Waals surface area contributed by atoms with E-state index < -0.39 is 0 Å². The lowest BCUT2D eigenvalue weighted by Crippen LogP contribution is -2.39. The summed E-state index contributed by atoms with van der Waals surface area (Å²) >= 11 is 6.01. The molecule has 6 heteroatoms. The number of piperidine rings is 1. The number of rotatable bonds is 2. The Morgan fingerprint density at radius 2 is 2.08 bits per heavy atom. The molecule has 1 aromatic carbocycles. The smallest absolute Gasteiger partial charge is 0.253 e. The Hall–Kier alpha value is -2.40. The molecule has 3 heterocycles. The van der Waals surface area contributed by atoms with Crippen LogP contribution >= 0.6 is 11.6 Å². The first-order valence-electron chi connectivity index (χ1n) is 8.07. The Morgan fingerprint density at radius 1 is 1.17 bits per heavy atom. The average Bonchev–Trinajstić information content (AvgIpc) is 3.05. The number of aromatic nitrogens is 3. The summed E-state index contributed by atoms with van der Waals surface area (Å²) in [5, 5.41) is 9.16. The van der Waals surface area contributed by atoms with E-state index in [2.05, 4.69) is 10.2 Å². The van der Waals surface area contributed by atoms with Gasteiger partial charge in [0.25, 0.3) is 5.91 Å². The standard InChI is InChI=1S/C18H17ClN4O/c19-15-7-3-5-13(11-15)18(24)22-9-4-6-14(12-22)17-21-20-16-8-1-2-10-23(16)17/h1-3,5,7-8,10-11,14H,4,6,9,12H2/t14-/m1/s1. The first-order valence-corrected chi connectivity index (χ1v) is 8.44. The first kappa shape index (κ1) is 15.1. The molecule has 0 unspecified atom stereocenters. The molecule has 2 aromatic heterocycles. The summed E-state index contributed by atoms with van der Waals surface area (Å²) in [4.78, 5) is 14.6. The normalized spacial score (nSPS) is 18.0. The van der Waals surface area contributed by atoms with Crippen molar-refractivity contribution >= 4 is 23.2 Å². The van der Waals surface area contributed by atoms with E-state index in [0.29, 0.717) is 17.1 Å². The fourth-order valence-electron chi connectivity index (χ4n) is 3.31. The molecule has 1 fully saturated rings. The van der Waals surface area contributed by atoms with Gasteiger partial charge in [0.1, 0.15) is 5.82 Å². The quantitative estimate of drug-likeness (QED) is 0.718. The van der Waals surface area contributed by atoms with Crippen LogP contribution in [0.25, 0.3) is 5.65 Å². The summed E-state index contributed by atoms with van der Waals surface area (Å²) in [6.07, 6.45) is 3.94. The second-order valence-electron chi connectivity index (χ2n) is 6.09. The van der Waals surface area contributed by atoms with Gasteiger partial charge in [-0.3, -0.25) is 9.20 Å². The van der Waals surface area contributed by atoms with Crippen LogP contribution in [0.4, 0.5) is 0 Å². The zero-order valence-corrected chi connectivity index (χ0v) is 13.9. The zero-order valence-electron chi connectivity index (χ0n) is 13.1. The molecule has 0 aliphatic carbocycles. The highest BCUT2D eigenvalue weighted by atomic mass is 35.5. The van der Waals surface area contributed by atoms with Crippen molar-refractivity contribution in [3.8, 4) is 0 Å². The van der Waals surface area contributed by atoms with Gasteiger partial charge in [0.05, 0.1) is 0 Å². The van der Waals surface area contributed by atoms with Crippen molar-refractivity contribution in [2.45, 2.75) is 18.8 Å². The number of carbonyl (C=O) groups excluding carboxylic acids is 1. The number of halogens is 1. The second-order valence-corrected chi connectivity index (χ2v) is 6.52. The van der Waals surface area contributed by atoms with Crippen LogP contribution in [0.3, 0.4) is 0 Å². The van der Waals surface area contributed by atoms with Gasteiger partial charge in [-0.2, -0.15) is 0 Å². The maximum Gasteiger partial charge on any atom is 0.253 e. The Kier molecular flexibility index (Phi) is 3.94. The molecular weight excluding hydrogens is 324 g/mol. The third-order valence-electron chi connectivity index (χ3n) is 4.49. The van der Waals surface area contributed by atoms with Crippen LogP contribution in [0.5, 0.6) is 0 Å². The van der Waals surface area contributed by atoms with Crippen LogP contribution in [0.2, 0.25) is 5.02 Å². The summed E-state index contributed by atoms with van der Waals surface area (Å²) < 4.78 is 2.01. The molecular formula is C18H17ClN4O. The molecule has 24 heavy (non-hydrogen) atoms. The van der Waals surface area contributed by atoms with Crippen LogP contribution in [0, 0.1) is 0 Å².